The number of nitrogens with one attached hydrogen (secondary N) is 1. The van der Waals surface area contributed by atoms with Gasteiger partial charge in [-0.3, -0.25) is 14.9 Å². The van der Waals surface area contributed by atoms with Crippen molar-refractivity contribution in [3.8, 4) is 0 Å². The van der Waals surface area contributed by atoms with Crippen molar-refractivity contribution in [2.45, 2.75) is 30.5 Å². The molecule has 1 fully saturated rings. The van der Waals surface area contributed by atoms with Gasteiger partial charge in [0.25, 0.3) is 10.0 Å². The normalized spacial score (nSPS) is 21.0. The van der Waals surface area contributed by atoms with Crippen LogP contribution < -0.4 is 11.1 Å². The summed E-state index contributed by atoms with van der Waals surface area (Å²) in [6, 6.07) is -0.902. The number of carbonyl (C=O) groups is 2. The Kier molecular flexibility index (Phi) is 3.80. The monoisotopic (exact) mass is 318 g/mol. The van der Waals surface area contributed by atoms with Crippen LogP contribution in [0.1, 0.15) is 19.0 Å². The fourth-order valence-corrected chi connectivity index (χ4v) is 5.06. The van der Waals surface area contributed by atoms with Gasteiger partial charge in [-0.1, -0.05) is 18.3 Å². The minimum Gasteiger partial charge on any atom is -0.375 e. The van der Waals surface area contributed by atoms with Crippen LogP contribution in [0.15, 0.2) is 4.21 Å². The molecule has 110 valence electrons. The summed E-state index contributed by atoms with van der Waals surface area (Å²) in [4.78, 5) is 27.0. The van der Waals surface area contributed by atoms with E-state index < -0.39 is 27.9 Å². The van der Waals surface area contributed by atoms with Crippen LogP contribution in [-0.4, -0.2) is 42.1 Å². The highest BCUT2D eigenvalue weighted by Crippen LogP contribution is 2.30. The summed E-state index contributed by atoms with van der Waals surface area (Å²) >= 11 is 0.824. The molecule has 1 atom stereocenters. The molecular weight excluding hydrogens is 304 g/mol. The summed E-state index contributed by atoms with van der Waals surface area (Å²) in [6.45, 7) is 2.81. The van der Waals surface area contributed by atoms with E-state index in [0.717, 1.165) is 15.6 Å². The molecule has 20 heavy (non-hydrogen) atoms. The number of nitrogens with two attached hydrogens (primary N) is 1. The molecular formula is C10H14N4O4S2. The molecule has 0 aliphatic carbocycles. The second kappa shape index (κ2) is 5.11. The zero-order chi connectivity index (χ0) is 15.1. The van der Waals surface area contributed by atoms with Crippen LogP contribution in [0, 0.1) is 6.92 Å². The molecule has 2 rings (SSSR count). The van der Waals surface area contributed by atoms with Crippen molar-refractivity contribution in [2.24, 2.45) is 0 Å². The molecule has 0 saturated carbocycles. The Morgan fingerprint density at radius 1 is 1.50 bits per heavy atom. The number of sulfonamides is 1. The number of anilines is 1. The SMILES string of the molecule is CCC1C(=O)NC(=O)CN1S(=O)(=O)c1sc(N)nc1C. The second-order valence-corrected chi connectivity index (χ2v) is 7.43. The number of aryl methyl sites for hydroxylation is 1. The Balaban J connectivity index is 2.49. The zero-order valence-corrected chi connectivity index (χ0v) is 12.5. The topological polar surface area (TPSA) is 122 Å². The van der Waals surface area contributed by atoms with Crippen molar-refractivity contribution in [3.63, 3.8) is 0 Å². The second-order valence-electron chi connectivity index (χ2n) is 4.31. The van der Waals surface area contributed by atoms with Crippen LogP contribution in [0.2, 0.25) is 0 Å². The number of hydrogen-bond acceptors (Lipinski definition) is 7. The summed E-state index contributed by atoms with van der Waals surface area (Å²) in [5.41, 5.74) is 5.77. The van der Waals surface area contributed by atoms with Crippen LogP contribution in [-0.2, 0) is 19.6 Å². The summed E-state index contributed by atoms with van der Waals surface area (Å²) in [5.74, 6) is -1.25. The Labute approximate surface area is 120 Å². The third-order valence-electron chi connectivity index (χ3n) is 2.91. The van der Waals surface area contributed by atoms with Gasteiger partial charge in [0, 0.05) is 0 Å². The van der Waals surface area contributed by atoms with Crippen LogP contribution in [0.3, 0.4) is 0 Å². The first-order valence-corrected chi connectivity index (χ1v) is 8.11. The highest BCUT2D eigenvalue weighted by atomic mass is 32.2. The molecule has 0 spiro atoms. The van der Waals surface area contributed by atoms with Gasteiger partial charge in [0.1, 0.15) is 6.04 Å². The number of imide groups is 1. The first-order chi connectivity index (χ1) is 9.27. The van der Waals surface area contributed by atoms with Gasteiger partial charge >= 0.3 is 0 Å². The average molecular weight is 318 g/mol. The fraction of sp³-hybridized carbons (Fsp3) is 0.500. The number of carbonyl (C=O) groups excluding carboxylic acids is 2. The summed E-state index contributed by atoms with van der Waals surface area (Å²) in [5, 5.41) is 2.26. The number of hydrogen-bond donors (Lipinski definition) is 2. The molecule has 1 saturated heterocycles. The van der Waals surface area contributed by atoms with Gasteiger partial charge in [-0.25, -0.2) is 13.4 Å². The largest absolute Gasteiger partial charge is 0.375 e. The number of thiazole rings is 1. The highest BCUT2D eigenvalue weighted by molar-refractivity contribution is 7.91. The molecule has 0 bridgehead atoms. The lowest BCUT2D eigenvalue weighted by atomic mass is 10.2. The van der Waals surface area contributed by atoms with E-state index in [9.17, 15) is 18.0 Å². The van der Waals surface area contributed by atoms with Crippen molar-refractivity contribution in [1.82, 2.24) is 14.6 Å². The van der Waals surface area contributed by atoms with Crippen LogP contribution in [0.25, 0.3) is 0 Å². The van der Waals surface area contributed by atoms with Gasteiger partial charge in [-0.2, -0.15) is 4.31 Å². The standard InChI is InChI=1S/C10H14N4O4S2/c1-3-6-8(16)13-7(15)4-14(6)20(17,18)9-5(2)12-10(11)19-9/h6H,3-4H2,1-2H3,(H2,11,12)(H,13,15,16). The van der Waals surface area contributed by atoms with Gasteiger partial charge in [-0.15, -0.1) is 0 Å². The molecule has 2 heterocycles. The summed E-state index contributed by atoms with van der Waals surface area (Å²) in [7, 11) is -3.97. The Morgan fingerprint density at radius 2 is 2.15 bits per heavy atom. The van der Waals surface area contributed by atoms with E-state index >= 15 is 0 Å². The molecule has 1 unspecified atom stereocenters. The Hall–Kier alpha value is -1.52. The lowest BCUT2D eigenvalue weighted by Gasteiger charge is -2.31. The molecule has 10 heteroatoms. The quantitative estimate of drug-likeness (QED) is 0.722. The Bertz CT molecular complexity index is 667. The third kappa shape index (κ3) is 2.41. The molecule has 1 aliphatic rings. The number of nitrogen functional groups attached to an aromatic ring is 1. The number of rotatable bonds is 3. The molecule has 0 radical (unpaired) electrons. The van der Waals surface area contributed by atoms with E-state index in [2.05, 4.69) is 10.3 Å². The molecule has 1 aromatic heterocycles. The van der Waals surface area contributed by atoms with E-state index in [1.54, 1.807) is 6.92 Å². The molecule has 8 nitrogen and oxygen atoms in total. The van der Waals surface area contributed by atoms with Gasteiger partial charge in [0.15, 0.2) is 9.34 Å². The van der Waals surface area contributed by atoms with Crippen molar-refractivity contribution in [2.75, 3.05) is 12.3 Å². The van der Waals surface area contributed by atoms with Crippen molar-refractivity contribution < 1.29 is 18.0 Å². The first-order valence-electron chi connectivity index (χ1n) is 5.85. The summed E-state index contributed by atoms with van der Waals surface area (Å²) < 4.78 is 26.1. The molecule has 3 N–H and O–H groups in total. The minimum absolute atomic E-state index is 0.0315. The molecule has 2 amide bonds. The van der Waals surface area contributed by atoms with Crippen LogP contribution in [0.4, 0.5) is 5.13 Å². The highest BCUT2D eigenvalue weighted by Gasteiger charge is 2.42. The zero-order valence-electron chi connectivity index (χ0n) is 10.9. The predicted molar refractivity (Wildman–Crippen MR) is 72.4 cm³/mol. The maximum absolute atomic E-state index is 12.6. The van der Waals surface area contributed by atoms with Crippen LogP contribution >= 0.6 is 11.3 Å². The maximum Gasteiger partial charge on any atom is 0.255 e. The maximum atomic E-state index is 12.6. The van der Waals surface area contributed by atoms with Crippen molar-refractivity contribution in [1.29, 1.82) is 0 Å². The lowest BCUT2D eigenvalue weighted by molar-refractivity contribution is -0.137. The van der Waals surface area contributed by atoms with Gasteiger partial charge in [0.05, 0.1) is 12.2 Å². The summed E-state index contributed by atoms with van der Waals surface area (Å²) in [6.07, 6.45) is 0.270. The fourth-order valence-electron chi connectivity index (χ4n) is 2.03. The average Bonchev–Trinajstić information content (AvgIpc) is 2.68. The molecule has 1 aromatic rings. The van der Waals surface area contributed by atoms with E-state index in [4.69, 9.17) is 5.73 Å². The lowest BCUT2D eigenvalue weighted by Crippen LogP contribution is -2.59. The van der Waals surface area contributed by atoms with E-state index in [1.165, 1.54) is 6.92 Å². The van der Waals surface area contributed by atoms with Gasteiger partial charge < -0.3 is 5.73 Å². The first kappa shape index (κ1) is 14.9. The van der Waals surface area contributed by atoms with Gasteiger partial charge in [0.2, 0.25) is 11.8 Å². The van der Waals surface area contributed by atoms with Crippen molar-refractivity contribution >= 4 is 38.3 Å². The third-order valence-corrected chi connectivity index (χ3v) is 6.34. The predicted octanol–water partition coefficient (Wildman–Crippen LogP) is -0.541. The van der Waals surface area contributed by atoms with Crippen LogP contribution in [0.5, 0.6) is 0 Å². The molecule has 0 aromatic carbocycles. The number of piperazine rings is 1. The van der Waals surface area contributed by atoms with E-state index in [0.29, 0.717) is 0 Å². The number of aromatic nitrogens is 1. The number of nitrogens with zero attached hydrogens (tertiary/aromatic N) is 2. The Morgan fingerprint density at radius 3 is 2.65 bits per heavy atom. The number of amides is 2. The molecule has 1 aliphatic heterocycles. The van der Waals surface area contributed by atoms with Crippen molar-refractivity contribution in [3.05, 3.63) is 5.69 Å². The minimum atomic E-state index is -3.97. The van der Waals surface area contributed by atoms with Gasteiger partial charge in [-0.05, 0) is 13.3 Å². The smallest absolute Gasteiger partial charge is 0.255 e. The van der Waals surface area contributed by atoms with E-state index in [-0.39, 0.29) is 28.0 Å². The van der Waals surface area contributed by atoms with E-state index in [1.807, 2.05) is 0 Å².